The highest BCUT2D eigenvalue weighted by atomic mass is 16.2. The first kappa shape index (κ1) is 16.5. The number of rotatable bonds is 2. The largest absolute Gasteiger partial charge is 0.342 e. The Kier molecular flexibility index (Phi) is 5.05. The van der Waals surface area contributed by atoms with Crippen LogP contribution in [0.5, 0.6) is 0 Å². The molecule has 1 heterocycles. The molecule has 0 bridgehead atoms. The van der Waals surface area contributed by atoms with Crippen molar-refractivity contribution < 1.29 is 4.79 Å². The Labute approximate surface area is 119 Å². The van der Waals surface area contributed by atoms with Gasteiger partial charge in [-0.3, -0.25) is 9.69 Å². The first-order valence-corrected chi connectivity index (χ1v) is 7.51. The van der Waals surface area contributed by atoms with Crippen LogP contribution in [0.25, 0.3) is 0 Å². The van der Waals surface area contributed by atoms with Crippen molar-refractivity contribution in [1.82, 2.24) is 9.80 Å². The summed E-state index contributed by atoms with van der Waals surface area (Å²) >= 11 is 0. The van der Waals surface area contributed by atoms with Crippen LogP contribution >= 0.6 is 0 Å². The van der Waals surface area contributed by atoms with Gasteiger partial charge >= 0.3 is 0 Å². The number of amides is 1. The predicted octanol–water partition coefficient (Wildman–Crippen LogP) is 3.00. The lowest BCUT2D eigenvalue weighted by Crippen LogP contribution is -2.48. The van der Waals surface area contributed by atoms with Gasteiger partial charge in [-0.1, -0.05) is 20.8 Å². The standard InChI is InChI=1S/C16H32N2O/c1-15(2,3)13-8-10-18(11-9-13)14(19)12-17(7)16(4,5)6/h13H,8-12H2,1-7H3. The van der Waals surface area contributed by atoms with E-state index >= 15 is 0 Å². The topological polar surface area (TPSA) is 23.6 Å². The molecule has 0 saturated carbocycles. The number of carbonyl (C=O) groups excluding carboxylic acids is 1. The van der Waals surface area contributed by atoms with E-state index in [0.29, 0.717) is 12.0 Å². The van der Waals surface area contributed by atoms with Gasteiger partial charge in [-0.2, -0.15) is 0 Å². The molecule has 1 aliphatic rings. The molecular formula is C16H32N2O. The molecule has 0 unspecified atom stereocenters. The highest BCUT2D eigenvalue weighted by Gasteiger charge is 2.31. The zero-order valence-electron chi connectivity index (χ0n) is 13.9. The van der Waals surface area contributed by atoms with Crippen molar-refractivity contribution in [3.05, 3.63) is 0 Å². The first-order chi connectivity index (χ1) is 8.51. The van der Waals surface area contributed by atoms with Gasteiger partial charge < -0.3 is 4.90 Å². The maximum Gasteiger partial charge on any atom is 0.236 e. The van der Waals surface area contributed by atoms with Crippen molar-refractivity contribution in [3.63, 3.8) is 0 Å². The number of likely N-dealkylation sites (N-methyl/N-ethyl adjacent to an activating group) is 1. The molecule has 0 aromatic rings. The number of likely N-dealkylation sites (tertiary alicyclic amines) is 1. The molecule has 0 spiro atoms. The first-order valence-electron chi connectivity index (χ1n) is 7.51. The molecule has 1 fully saturated rings. The average molecular weight is 268 g/mol. The van der Waals surface area contributed by atoms with E-state index in [-0.39, 0.29) is 11.4 Å². The van der Waals surface area contributed by atoms with Gasteiger partial charge in [0.25, 0.3) is 0 Å². The van der Waals surface area contributed by atoms with Crippen molar-refractivity contribution in [2.45, 2.75) is 59.9 Å². The summed E-state index contributed by atoms with van der Waals surface area (Å²) in [7, 11) is 2.03. The zero-order chi connectivity index (χ0) is 14.8. The molecule has 0 atom stereocenters. The number of carbonyl (C=O) groups is 1. The Bertz CT molecular complexity index is 304. The lowest BCUT2D eigenvalue weighted by molar-refractivity contribution is -0.135. The zero-order valence-corrected chi connectivity index (χ0v) is 13.9. The van der Waals surface area contributed by atoms with Crippen molar-refractivity contribution in [3.8, 4) is 0 Å². The molecule has 0 aromatic carbocycles. The summed E-state index contributed by atoms with van der Waals surface area (Å²) in [5.74, 6) is 1.03. The van der Waals surface area contributed by atoms with Crippen LogP contribution in [0.15, 0.2) is 0 Å². The predicted molar refractivity (Wildman–Crippen MR) is 81.1 cm³/mol. The van der Waals surface area contributed by atoms with E-state index in [1.165, 1.54) is 0 Å². The fourth-order valence-corrected chi connectivity index (χ4v) is 2.53. The van der Waals surface area contributed by atoms with Crippen molar-refractivity contribution in [1.29, 1.82) is 0 Å². The summed E-state index contributed by atoms with van der Waals surface area (Å²) in [4.78, 5) is 16.5. The van der Waals surface area contributed by atoms with Crippen molar-refractivity contribution in [2.75, 3.05) is 26.7 Å². The smallest absolute Gasteiger partial charge is 0.236 e. The highest BCUT2D eigenvalue weighted by Crippen LogP contribution is 2.34. The maximum atomic E-state index is 12.3. The molecule has 0 radical (unpaired) electrons. The molecule has 19 heavy (non-hydrogen) atoms. The Morgan fingerprint density at radius 3 is 1.95 bits per heavy atom. The van der Waals surface area contributed by atoms with E-state index in [0.717, 1.165) is 31.8 Å². The van der Waals surface area contributed by atoms with Crippen LogP contribution < -0.4 is 0 Å². The molecule has 1 saturated heterocycles. The Balaban J connectivity index is 2.46. The van der Waals surface area contributed by atoms with Crippen LogP contribution in [-0.2, 0) is 4.79 Å². The Morgan fingerprint density at radius 1 is 1.11 bits per heavy atom. The van der Waals surface area contributed by atoms with Crippen molar-refractivity contribution >= 4 is 5.91 Å². The fraction of sp³-hybridized carbons (Fsp3) is 0.938. The van der Waals surface area contributed by atoms with Crippen LogP contribution in [0, 0.1) is 11.3 Å². The average Bonchev–Trinajstić information content (AvgIpc) is 2.26. The minimum absolute atomic E-state index is 0.0550. The molecule has 3 heteroatoms. The summed E-state index contributed by atoms with van der Waals surface area (Å²) in [5, 5.41) is 0. The van der Waals surface area contributed by atoms with Gasteiger partial charge in [-0.25, -0.2) is 0 Å². The van der Waals surface area contributed by atoms with E-state index in [4.69, 9.17) is 0 Å². The minimum atomic E-state index is 0.0550. The fourth-order valence-electron chi connectivity index (χ4n) is 2.53. The molecule has 0 aromatic heterocycles. The lowest BCUT2D eigenvalue weighted by atomic mass is 9.75. The molecule has 1 rings (SSSR count). The summed E-state index contributed by atoms with van der Waals surface area (Å²) < 4.78 is 0. The van der Waals surface area contributed by atoms with Gasteiger partial charge in [0.05, 0.1) is 6.54 Å². The van der Waals surface area contributed by atoms with Crippen molar-refractivity contribution in [2.24, 2.45) is 11.3 Å². The summed E-state index contributed by atoms with van der Waals surface area (Å²) in [6.07, 6.45) is 2.29. The second-order valence-corrected chi connectivity index (χ2v) is 8.05. The number of piperidine rings is 1. The third kappa shape index (κ3) is 4.79. The van der Waals surface area contributed by atoms with Gasteiger partial charge in [-0.15, -0.1) is 0 Å². The van der Waals surface area contributed by atoms with E-state index in [9.17, 15) is 4.79 Å². The molecule has 1 amide bonds. The van der Waals surface area contributed by atoms with Gasteiger partial charge in [0.2, 0.25) is 5.91 Å². The van der Waals surface area contributed by atoms with Gasteiger partial charge in [0.1, 0.15) is 0 Å². The Morgan fingerprint density at radius 2 is 1.58 bits per heavy atom. The third-order valence-electron chi connectivity index (χ3n) is 4.59. The summed E-state index contributed by atoms with van der Waals surface area (Å²) in [6.45, 7) is 15.7. The summed E-state index contributed by atoms with van der Waals surface area (Å²) in [6, 6.07) is 0. The van der Waals surface area contributed by atoms with E-state index in [1.807, 2.05) is 11.9 Å². The highest BCUT2D eigenvalue weighted by molar-refractivity contribution is 5.78. The molecular weight excluding hydrogens is 236 g/mol. The van der Waals surface area contributed by atoms with E-state index in [2.05, 4.69) is 46.4 Å². The van der Waals surface area contributed by atoms with E-state index in [1.54, 1.807) is 0 Å². The van der Waals surface area contributed by atoms with Crippen LogP contribution in [0.1, 0.15) is 54.4 Å². The monoisotopic (exact) mass is 268 g/mol. The van der Waals surface area contributed by atoms with Gasteiger partial charge in [-0.05, 0) is 52.0 Å². The molecule has 0 N–H and O–H groups in total. The molecule has 1 aliphatic heterocycles. The quantitative estimate of drug-likeness (QED) is 0.768. The third-order valence-corrected chi connectivity index (χ3v) is 4.59. The molecule has 0 aliphatic carbocycles. The second-order valence-electron chi connectivity index (χ2n) is 8.05. The number of hydrogen-bond acceptors (Lipinski definition) is 2. The minimum Gasteiger partial charge on any atom is -0.342 e. The SMILES string of the molecule is CN(CC(=O)N1CCC(C(C)(C)C)CC1)C(C)(C)C. The van der Waals surface area contributed by atoms with E-state index < -0.39 is 0 Å². The lowest BCUT2D eigenvalue weighted by Gasteiger charge is -2.40. The molecule has 3 nitrogen and oxygen atoms in total. The number of hydrogen-bond donors (Lipinski definition) is 0. The van der Waals surface area contributed by atoms with Crippen LogP contribution in [0.3, 0.4) is 0 Å². The van der Waals surface area contributed by atoms with Gasteiger partial charge in [0.15, 0.2) is 0 Å². The van der Waals surface area contributed by atoms with Crippen LogP contribution in [0.4, 0.5) is 0 Å². The van der Waals surface area contributed by atoms with Crippen LogP contribution in [-0.4, -0.2) is 47.9 Å². The summed E-state index contributed by atoms with van der Waals surface area (Å²) in [5.41, 5.74) is 0.427. The normalized spacial score (nSPS) is 19.1. The molecule has 112 valence electrons. The Hall–Kier alpha value is -0.570. The van der Waals surface area contributed by atoms with Crippen LogP contribution in [0.2, 0.25) is 0 Å². The number of nitrogens with zero attached hydrogens (tertiary/aromatic N) is 2. The van der Waals surface area contributed by atoms with Gasteiger partial charge in [0, 0.05) is 18.6 Å². The maximum absolute atomic E-state index is 12.3. The second kappa shape index (κ2) is 5.82.